The van der Waals surface area contributed by atoms with E-state index in [1.54, 1.807) is 19.1 Å². The van der Waals surface area contributed by atoms with Crippen LogP contribution >= 0.6 is 0 Å². The van der Waals surface area contributed by atoms with Crippen molar-refractivity contribution in [2.45, 2.75) is 33.2 Å². The maximum absolute atomic E-state index is 12.6. The first-order valence-electron chi connectivity index (χ1n) is 9.01. The largest absolute Gasteiger partial charge is 0.334 e. The lowest BCUT2D eigenvalue weighted by Gasteiger charge is -2.27. The molecule has 0 bridgehead atoms. The van der Waals surface area contributed by atoms with Crippen LogP contribution in [-0.4, -0.2) is 16.2 Å². The summed E-state index contributed by atoms with van der Waals surface area (Å²) >= 11 is 0. The fraction of sp³-hybridized carbons (Fsp3) is 0.227. The molecule has 0 radical (unpaired) electrons. The Labute approximate surface area is 164 Å². The van der Waals surface area contributed by atoms with Gasteiger partial charge in [-0.2, -0.15) is 4.98 Å². The fourth-order valence-corrected chi connectivity index (χ4v) is 2.84. The van der Waals surface area contributed by atoms with E-state index in [1.807, 2.05) is 57.2 Å². The van der Waals surface area contributed by atoms with Crippen LogP contribution in [-0.2, 0) is 5.54 Å². The Hall–Kier alpha value is -3.41. The third-order valence-corrected chi connectivity index (χ3v) is 4.40. The molecule has 0 atom stereocenters. The van der Waals surface area contributed by atoms with Gasteiger partial charge in [0.15, 0.2) is 5.82 Å². The number of aromatic nitrogens is 2. The van der Waals surface area contributed by atoms with Gasteiger partial charge in [-0.3, -0.25) is 0 Å². The van der Waals surface area contributed by atoms with E-state index in [-0.39, 0.29) is 6.03 Å². The Kier molecular flexibility index (Phi) is 5.31. The van der Waals surface area contributed by atoms with Crippen LogP contribution in [0.3, 0.4) is 0 Å². The highest BCUT2D eigenvalue weighted by atomic mass is 16.5. The number of allylic oxidation sites excluding steroid dienone is 1. The first kappa shape index (κ1) is 19.4. The van der Waals surface area contributed by atoms with Crippen molar-refractivity contribution in [1.82, 2.24) is 15.5 Å². The van der Waals surface area contributed by atoms with E-state index >= 15 is 0 Å². The predicted molar refractivity (Wildman–Crippen MR) is 111 cm³/mol. The molecule has 144 valence electrons. The van der Waals surface area contributed by atoms with Crippen LogP contribution in [0.15, 0.2) is 59.6 Å². The van der Waals surface area contributed by atoms with E-state index < -0.39 is 5.54 Å². The number of carbonyl (C=O) groups is 1. The molecular weight excluding hydrogens is 352 g/mol. The van der Waals surface area contributed by atoms with Crippen molar-refractivity contribution in [3.05, 3.63) is 72.1 Å². The highest BCUT2D eigenvalue weighted by Crippen LogP contribution is 2.24. The van der Waals surface area contributed by atoms with Crippen molar-refractivity contribution in [3.63, 3.8) is 0 Å². The topological polar surface area (TPSA) is 80.0 Å². The molecule has 0 spiro atoms. The lowest BCUT2D eigenvalue weighted by atomic mass is 9.92. The minimum atomic E-state index is -0.559. The Morgan fingerprint density at radius 1 is 1.14 bits per heavy atom. The summed E-state index contributed by atoms with van der Waals surface area (Å²) in [5.41, 5.74) is 3.85. The van der Waals surface area contributed by atoms with Gasteiger partial charge in [0.2, 0.25) is 0 Å². The molecule has 0 unspecified atom stereocenters. The van der Waals surface area contributed by atoms with Gasteiger partial charge in [0, 0.05) is 11.3 Å². The van der Waals surface area contributed by atoms with E-state index in [9.17, 15) is 4.79 Å². The summed E-state index contributed by atoms with van der Waals surface area (Å²) in [6.45, 7) is 11.6. The Morgan fingerprint density at radius 2 is 1.89 bits per heavy atom. The molecule has 3 rings (SSSR count). The maximum atomic E-state index is 12.6. The predicted octanol–water partition coefficient (Wildman–Crippen LogP) is 5.13. The molecule has 6 heteroatoms. The van der Waals surface area contributed by atoms with Crippen LogP contribution in [0.5, 0.6) is 0 Å². The zero-order chi connectivity index (χ0) is 20.3. The molecule has 0 aliphatic carbocycles. The Bertz CT molecular complexity index is 1020. The van der Waals surface area contributed by atoms with E-state index in [0.717, 1.165) is 22.3 Å². The van der Waals surface area contributed by atoms with Gasteiger partial charge in [-0.15, -0.1) is 0 Å². The normalized spacial score (nSPS) is 11.1. The van der Waals surface area contributed by atoms with E-state index in [1.165, 1.54) is 0 Å². The first-order chi connectivity index (χ1) is 13.2. The Balaban J connectivity index is 1.73. The van der Waals surface area contributed by atoms with E-state index in [4.69, 9.17) is 4.52 Å². The molecule has 1 heterocycles. The number of anilines is 1. The van der Waals surface area contributed by atoms with Crippen LogP contribution < -0.4 is 10.6 Å². The van der Waals surface area contributed by atoms with Gasteiger partial charge in [0.05, 0.1) is 5.54 Å². The standard InChI is InChI=1S/C22H24N4O2/c1-14(2)16-8-6-10-18(12-16)22(4,5)25-21(27)24-19-11-7-9-17(13-19)20-23-15(3)26-28-20/h6-13H,1H2,2-5H3,(H2,24,25,27). The summed E-state index contributed by atoms with van der Waals surface area (Å²) < 4.78 is 5.18. The number of amides is 2. The molecular formula is C22H24N4O2. The molecule has 6 nitrogen and oxygen atoms in total. The number of aryl methyl sites for hydroxylation is 1. The van der Waals surface area contributed by atoms with Gasteiger partial charge < -0.3 is 15.2 Å². The smallest absolute Gasteiger partial charge is 0.319 e. The molecule has 3 aromatic rings. The average molecular weight is 376 g/mol. The lowest BCUT2D eigenvalue weighted by molar-refractivity contribution is 0.242. The molecule has 1 aromatic heterocycles. The molecule has 0 aliphatic rings. The first-order valence-corrected chi connectivity index (χ1v) is 9.01. The summed E-state index contributed by atoms with van der Waals surface area (Å²) in [6, 6.07) is 15.0. The molecule has 0 fully saturated rings. The van der Waals surface area contributed by atoms with Crippen molar-refractivity contribution < 1.29 is 9.32 Å². The molecule has 0 saturated heterocycles. The zero-order valence-corrected chi connectivity index (χ0v) is 16.5. The van der Waals surface area contributed by atoms with Crippen molar-refractivity contribution in [2.75, 3.05) is 5.32 Å². The van der Waals surface area contributed by atoms with Gasteiger partial charge >= 0.3 is 6.03 Å². The summed E-state index contributed by atoms with van der Waals surface area (Å²) in [6.07, 6.45) is 0. The van der Waals surface area contributed by atoms with Gasteiger partial charge in [-0.05, 0) is 63.1 Å². The van der Waals surface area contributed by atoms with Gasteiger partial charge in [-0.25, -0.2) is 4.79 Å². The second-order valence-electron chi connectivity index (χ2n) is 7.29. The fourth-order valence-electron chi connectivity index (χ4n) is 2.84. The minimum absolute atomic E-state index is 0.301. The van der Waals surface area contributed by atoms with Gasteiger partial charge in [0.1, 0.15) is 0 Å². The van der Waals surface area contributed by atoms with Gasteiger partial charge in [0.25, 0.3) is 5.89 Å². The molecule has 0 saturated carbocycles. The third-order valence-electron chi connectivity index (χ3n) is 4.40. The highest BCUT2D eigenvalue weighted by molar-refractivity contribution is 5.90. The van der Waals surface area contributed by atoms with Crippen molar-refractivity contribution in [2.24, 2.45) is 0 Å². The average Bonchev–Trinajstić information content (AvgIpc) is 3.08. The van der Waals surface area contributed by atoms with E-state index in [2.05, 4.69) is 27.4 Å². The van der Waals surface area contributed by atoms with Crippen molar-refractivity contribution in [3.8, 4) is 11.5 Å². The minimum Gasteiger partial charge on any atom is -0.334 e. The summed E-state index contributed by atoms with van der Waals surface area (Å²) in [7, 11) is 0. The lowest BCUT2D eigenvalue weighted by Crippen LogP contribution is -2.43. The number of hydrogen-bond donors (Lipinski definition) is 2. The number of urea groups is 1. The van der Waals surface area contributed by atoms with Crippen molar-refractivity contribution >= 4 is 17.3 Å². The van der Waals surface area contributed by atoms with Crippen LogP contribution in [0.1, 0.15) is 37.7 Å². The monoisotopic (exact) mass is 376 g/mol. The quantitative estimate of drug-likeness (QED) is 0.646. The van der Waals surface area contributed by atoms with Crippen LogP contribution in [0.25, 0.3) is 17.0 Å². The third kappa shape index (κ3) is 4.46. The highest BCUT2D eigenvalue weighted by Gasteiger charge is 2.23. The molecule has 28 heavy (non-hydrogen) atoms. The number of nitrogens with zero attached hydrogens (tertiary/aromatic N) is 2. The van der Waals surface area contributed by atoms with Crippen LogP contribution in [0.2, 0.25) is 0 Å². The molecule has 0 aliphatic heterocycles. The number of hydrogen-bond acceptors (Lipinski definition) is 4. The number of nitrogens with one attached hydrogen (secondary N) is 2. The molecule has 2 amide bonds. The van der Waals surface area contributed by atoms with Crippen LogP contribution in [0, 0.1) is 6.92 Å². The zero-order valence-electron chi connectivity index (χ0n) is 16.5. The van der Waals surface area contributed by atoms with Gasteiger partial charge in [-0.1, -0.05) is 41.6 Å². The summed E-state index contributed by atoms with van der Waals surface area (Å²) in [5.74, 6) is 0.975. The second kappa shape index (κ2) is 7.68. The number of benzene rings is 2. The SMILES string of the molecule is C=C(C)c1cccc(C(C)(C)NC(=O)Nc2cccc(-c3nc(C)no3)c2)c1. The Morgan fingerprint density at radius 3 is 2.57 bits per heavy atom. The summed E-state index contributed by atoms with van der Waals surface area (Å²) in [5, 5.41) is 9.68. The molecule has 2 aromatic carbocycles. The van der Waals surface area contributed by atoms with Crippen molar-refractivity contribution in [1.29, 1.82) is 0 Å². The summed E-state index contributed by atoms with van der Waals surface area (Å²) in [4.78, 5) is 16.8. The number of carbonyl (C=O) groups excluding carboxylic acids is 1. The number of rotatable bonds is 5. The van der Waals surface area contributed by atoms with Crippen LogP contribution in [0.4, 0.5) is 10.5 Å². The van der Waals surface area contributed by atoms with E-state index in [0.29, 0.717) is 17.4 Å². The maximum Gasteiger partial charge on any atom is 0.319 e. The molecule has 2 N–H and O–H groups in total. The second-order valence-corrected chi connectivity index (χ2v) is 7.29.